The minimum Gasteiger partial charge on any atom is -0.378 e. The average Bonchev–Trinajstić information content (AvgIpc) is 2.86. The number of likely N-dealkylation sites (tertiary alicyclic amines) is 1. The van der Waals surface area contributed by atoms with Gasteiger partial charge in [0.2, 0.25) is 0 Å². The van der Waals surface area contributed by atoms with Crippen LogP contribution in [-0.4, -0.2) is 44.0 Å². The van der Waals surface area contributed by atoms with Gasteiger partial charge < -0.3 is 9.80 Å². The Morgan fingerprint density at radius 2 is 1.41 bits per heavy atom. The molecule has 0 radical (unpaired) electrons. The topological polar surface area (TPSA) is 26.8 Å². The summed E-state index contributed by atoms with van der Waals surface area (Å²) in [6, 6.07) is 23.0. The number of hydrogen-bond acceptors (Lipinski definition) is 3. The molecule has 0 unspecified atom stereocenters. The SMILES string of the molecule is CCc1ccc(N(C(=O)c2ccc(F)cc2)C2CCN(Cc3ccc(N(C)C)cc3)CC2)cc1. The first-order chi connectivity index (χ1) is 16.4. The van der Waals surface area contributed by atoms with Crippen molar-refractivity contribution in [1.29, 1.82) is 0 Å². The molecule has 4 nitrogen and oxygen atoms in total. The molecular formula is C29H34FN3O. The smallest absolute Gasteiger partial charge is 0.258 e. The maximum atomic E-state index is 13.6. The maximum absolute atomic E-state index is 13.6. The fourth-order valence-electron chi connectivity index (χ4n) is 4.61. The molecule has 0 aromatic heterocycles. The van der Waals surface area contributed by atoms with Crippen LogP contribution in [0.3, 0.4) is 0 Å². The summed E-state index contributed by atoms with van der Waals surface area (Å²) in [6.45, 7) is 4.90. The number of aryl methyl sites for hydroxylation is 1. The predicted octanol–water partition coefficient (Wildman–Crippen LogP) is 5.77. The molecule has 3 aromatic rings. The van der Waals surface area contributed by atoms with Crippen molar-refractivity contribution in [3.05, 3.63) is 95.3 Å². The van der Waals surface area contributed by atoms with Gasteiger partial charge in [0.25, 0.3) is 5.91 Å². The summed E-state index contributed by atoms with van der Waals surface area (Å²) in [6.07, 6.45) is 2.76. The summed E-state index contributed by atoms with van der Waals surface area (Å²) in [5, 5.41) is 0. The van der Waals surface area contributed by atoms with Crippen molar-refractivity contribution in [2.24, 2.45) is 0 Å². The maximum Gasteiger partial charge on any atom is 0.258 e. The van der Waals surface area contributed by atoms with Crippen molar-refractivity contribution in [2.45, 2.75) is 38.8 Å². The third kappa shape index (κ3) is 5.65. The molecule has 3 aromatic carbocycles. The van der Waals surface area contributed by atoms with Gasteiger partial charge in [-0.05, 0) is 78.9 Å². The molecule has 178 valence electrons. The summed E-state index contributed by atoms with van der Waals surface area (Å²) in [4.78, 5) is 20.0. The fraction of sp³-hybridized carbons (Fsp3) is 0.345. The number of amides is 1. The molecule has 1 saturated heterocycles. The van der Waals surface area contributed by atoms with Crippen LogP contribution < -0.4 is 9.80 Å². The Hall–Kier alpha value is -3.18. The first kappa shape index (κ1) is 24.0. The Balaban J connectivity index is 1.48. The molecule has 4 rings (SSSR count). The van der Waals surface area contributed by atoms with Gasteiger partial charge in [0.1, 0.15) is 5.82 Å². The Kier molecular flexibility index (Phi) is 7.63. The Labute approximate surface area is 202 Å². The monoisotopic (exact) mass is 459 g/mol. The lowest BCUT2D eigenvalue weighted by Gasteiger charge is -2.39. The lowest BCUT2D eigenvalue weighted by molar-refractivity contribution is 0.0958. The Morgan fingerprint density at radius 3 is 1.97 bits per heavy atom. The second-order valence-corrected chi connectivity index (χ2v) is 9.27. The first-order valence-electron chi connectivity index (χ1n) is 12.1. The zero-order valence-electron chi connectivity index (χ0n) is 20.4. The first-order valence-corrected chi connectivity index (χ1v) is 12.1. The van der Waals surface area contributed by atoms with E-state index in [1.165, 1.54) is 28.9 Å². The molecule has 1 heterocycles. The van der Waals surface area contributed by atoms with Crippen LogP contribution in [0.4, 0.5) is 15.8 Å². The van der Waals surface area contributed by atoms with Crippen LogP contribution in [-0.2, 0) is 13.0 Å². The second-order valence-electron chi connectivity index (χ2n) is 9.27. The quantitative estimate of drug-likeness (QED) is 0.449. The highest BCUT2D eigenvalue weighted by molar-refractivity contribution is 6.06. The molecule has 5 heteroatoms. The third-order valence-electron chi connectivity index (χ3n) is 6.71. The van der Waals surface area contributed by atoms with Crippen LogP contribution >= 0.6 is 0 Å². The number of hydrogen-bond donors (Lipinski definition) is 0. The molecule has 0 bridgehead atoms. The number of halogens is 1. The number of carbonyl (C=O) groups excluding carboxylic acids is 1. The molecule has 1 aliphatic heterocycles. The van der Waals surface area contributed by atoms with E-state index in [4.69, 9.17) is 0 Å². The van der Waals surface area contributed by atoms with Crippen molar-refractivity contribution < 1.29 is 9.18 Å². The van der Waals surface area contributed by atoms with E-state index in [0.717, 1.165) is 44.6 Å². The van der Waals surface area contributed by atoms with E-state index in [2.05, 4.69) is 67.2 Å². The van der Waals surface area contributed by atoms with Crippen LogP contribution in [0.15, 0.2) is 72.8 Å². The number of piperidine rings is 1. The third-order valence-corrected chi connectivity index (χ3v) is 6.71. The van der Waals surface area contributed by atoms with Gasteiger partial charge in [0.05, 0.1) is 0 Å². The van der Waals surface area contributed by atoms with Crippen LogP contribution in [0.5, 0.6) is 0 Å². The van der Waals surface area contributed by atoms with Gasteiger partial charge in [-0.1, -0.05) is 31.2 Å². The summed E-state index contributed by atoms with van der Waals surface area (Å²) in [5.74, 6) is -0.399. The van der Waals surface area contributed by atoms with Crippen molar-refractivity contribution in [1.82, 2.24) is 4.90 Å². The standard InChI is InChI=1S/C29H34FN3O/c1-4-22-5-15-27(16-6-22)33(29(34)24-9-11-25(30)12-10-24)28-17-19-32(20-18-28)21-23-7-13-26(14-8-23)31(2)3/h5-16,28H,4,17-21H2,1-3H3. The summed E-state index contributed by atoms with van der Waals surface area (Å²) in [5.41, 5.74) is 5.17. The number of benzene rings is 3. The van der Waals surface area contributed by atoms with E-state index in [1.807, 2.05) is 17.0 Å². The van der Waals surface area contributed by atoms with E-state index in [-0.39, 0.29) is 17.8 Å². The molecule has 0 saturated carbocycles. The second kappa shape index (κ2) is 10.8. The summed E-state index contributed by atoms with van der Waals surface area (Å²) < 4.78 is 13.5. The minimum absolute atomic E-state index is 0.0676. The van der Waals surface area contributed by atoms with Gasteiger partial charge in [-0.2, -0.15) is 0 Å². The van der Waals surface area contributed by atoms with E-state index in [0.29, 0.717) is 5.56 Å². The molecule has 1 amide bonds. The van der Waals surface area contributed by atoms with Crippen LogP contribution in [0.2, 0.25) is 0 Å². The van der Waals surface area contributed by atoms with Gasteiger partial charge in [-0.3, -0.25) is 9.69 Å². The van der Waals surface area contributed by atoms with Gasteiger partial charge in [0, 0.05) is 56.7 Å². The fourth-order valence-corrected chi connectivity index (χ4v) is 4.61. The minimum atomic E-state index is -0.331. The van der Waals surface area contributed by atoms with E-state index < -0.39 is 0 Å². The highest BCUT2D eigenvalue weighted by Gasteiger charge is 2.30. The van der Waals surface area contributed by atoms with Crippen LogP contribution in [0, 0.1) is 5.82 Å². The Bertz CT molecular complexity index is 1070. The number of anilines is 2. The van der Waals surface area contributed by atoms with Gasteiger partial charge in [-0.25, -0.2) is 4.39 Å². The van der Waals surface area contributed by atoms with Crippen molar-refractivity contribution >= 4 is 17.3 Å². The number of carbonyl (C=O) groups is 1. The predicted molar refractivity (Wildman–Crippen MR) is 138 cm³/mol. The molecule has 34 heavy (non-hydrogen) atoms. The van der Waals surface area contributed by atoms with Crippen molar-refractivity contribution in [3.8, 4) is 0 Å². The lowest BCUT2D eigenvalue weighted by atomic mass is 9.99. The van der Waals surface area contributed by atoms with Crippen LogP contribution in [0.25, 0.3) is 0 Å². The molecule has 0 atom stereocenters. The van der Waals surface area contributed by atoms with E-state index in [9.17, 15) is 9.18 Å². The molecule has 0 N–H and O–H groups in total. The average molecular weight is 460 g/mol. The lowest BCUT2D eigenvalue weighted by Crippen LogP contribution is -2.47. The summed E-state index contributed by atoms with van der Waals surface area (Å²) in [7, 11) is 4.10. The van der Waals surface area contributed by atoms with E-state index in [1.54, 1.807) is 12.1 Å². The molecule has 1 aliphatic rings. The molecular weight excluding hydrogens is 425 g/mol. The highest BCUT2D eigenvalue weighted by atomic mass is 19.1. The van der Waals surface area contributed by atoms with Gasteiger partial charge in [-0.15, -0.1) is 0 Å². The highest BCUT2D eigenvalue weighted by Crippen LogP contribution is 2.27. The van der Waals surface area contributed by atoms with E-state index >= 15 is 0 Å². The Morgan fingerprint density at radius 1 is 0.853 bits per heavy atom. The van der Waals surface area contributed by atoms with Crippen molar-refractivity contribution in [2.75, 3.05) is 37.0 Å². The van der Waals surface area contributed by atoms with Gasteiger partial charge in [0.15, 0.2) is 0 Å². The summed E-state index contributed by atoms with van der Waals surface area (Å²) >= 11 is 0. The van der Waals surface area contributed by atoms with Crippen molar-refractivity contribution in [3.63, 3.8) is 0 Å². The zero-order chi connectivity index (χ0) is 24.1. The largest absolute Gasteiger partial charge is 0.378 e. The number of rotatable bonds is 7. The molecule has 0 aliphatic carbocycles. The molecule has 1 fully saturated rings. The van der Waals surface area contributed by atoms with Crippen LogP contribution in [0.1, 0.15) is 41.3 Å². The molecule has 0 spiro atoms. The van der Waals surface area contributed by atoms with Gasteiger partial charge >= 0.3 is 0 Å². The zero-order valence-corrected chi connectivity index (χ0v) is 20.4. The normalized spacial score (nSPS) is 14.7. The number of nitrogens with zero attached hydrogens (tertiary/aromatic N) is 3.